The number of rotatable bonds is 3. The Labute approximate surface area is 101 Å². The van der Waals surface area contributed by atoms with Crippen LogP contribution in [0.15, 0.2) is 0 Å². The largest absolute Gasteiger partial charge is 0.0654 e. The minimum atomic E-state index is 1.06. The Bertz CT molecular complexity index is 244. The summed E-state index contributed by atoms with van der Waals surface area (Å²) in [4.78, 5) is 0. The topological polar surface area (TPSA) is 0 Å². The molecule has 0 aromatic heterocycles. The van der Waals surface area contributed by atoms with Crippen LogP contribution in [0.25, 0.3) is 0 Å². The van der Waals surface area contributed by atoms with Gasteiger partial charge in [-0.3, -0.25) is 0 Å². The van der Waals surface area contributed by atoms with Crippen molar-refractivity contribution in [2.45, 2.75) is 65.2 Å². The van der Waals surface area contributed by atoms with Gasteiger partial charge in [0.05, 0.1) is 0 Å². The first-order valence-electron chi connectivity index (χ1n) is 7.81. The van der Waals surface area contributed by atoms with Crippen molar-refractivity contribution in [3.05, 3.63) is 0 Å². The van der Waals surface area contributed by atoms with Gasteiger partial charge in [0.1, 0.15) is 0 Å². The molecular formula is C16H28. The first-order chi connectivity index (χ1) is 7.81. The fourth-order valence-corrected chi connectivity index (χ4v) is 5.09. The van der Waals surface area contributed by atoms with Crippen molar-refractivity contribution in [2.24, 2.45) is 35.5 Å². The molecule has 3 rings (SSSR count). The second-order valence-electron chi connectivity index (χ2n) is 6.91. The molecule has 0 aromatic carbocycles. The smallest absolute Gasteiger partial charge is 0.0352 e. The van der Waals surface area contributed by atoms with E-state index in [0.717, 1.165) is 35.5 Å². The minimum absolute atomic E-state index is 1.06. The summed E-state index contributed by atoms with van der Waals surface area (Å²) in [6, 6.07) is 0. The highest BCUT2D eigenvalue weighted by molar-refractivity contribution is 4.98. The normalized spacial score (nSPS) is 51.4. The van der Waals surface area contributed by atoms with Gasteiger partial charge in [0.25, 0.3) is 0 Å². The molecule has 0 bridgehead atoms. The molecule has 3 aliphatic rings. The maximum absolute atomic E-state index is 2.51. The van der Waals surface area contributed by atoms with E-state index in [1.165, 1.54) is 12.8 Å². The van der Waals surface area contributed by atoms with E-state index in [1.54, 1.807) is 38.5 Å². The van der Waals surface area contributed by atoms with Crippen LogP contribution in [0.5, 0.6) is 0 Å². The van der Waals surface area contributed by atoms with Crippen LogP contribution < -0.4 is 0 Å². The molecule has 0 nitrogen and oxygen atoms in total. The summed E-state index contributed by atoms with van der Waals surface area (Å²) in [5.41, 5.74) is 0. The fraction of sp³-hybridized carbons (Fsp3) is 1.00. The second kappa shape index (κ2) is 4.35. The monoisotopic (exact) mass is 220 g/mol. The summed E-state index contributed by atoms with van der Waals surface area (Å²) >= 11 is 0. The number of fused-ring (bicyclic) bond motifs is 1. The Morgan fingerprint density at radius 1 is 0.750 bits per heavy atom. The summed E-state index contributed by atoms with van der Waals surface area (Å²) in [5.74, 6) is 6.79. The molecular weight excluding hydrogens is 192 g/mol. The zero-order chi connectivity index (χ0) is 11.1. The first kappa shape index (κ1) is 11.1. The van der Waals surface area contributed by atoms with Gasteiger partial charge in [0, 0.05) is 0 Å². The van der Waals surface area contributed by atoms with Gasteiger partial charge in [-0.1, -0.05) is 33.1 Å². The SMILES string of the molecule is CCCC1CC[C@H]1C1CCC(C)C2CCC21. The Morgan fingerprint density at radius 2 is 1.38 bits per heavy atom. The summed E-state index contributed by atoms with van der Waals surface area (Å²) in [5, 5.41) is 0. The molecule has 6 atom stereocenters. The molecule has 3 saturated carbocycles. The predicted octanol–water partition coefficient (Wildman–Crippen LogP) is 4.89. The highest BCUT2D eigenvalue weighted by Crippen LogP contribution is 2.57. The Balaban J connectivity index is 1.62. The van der Waals surface area contributed by atoms with E-state index in [4.69, 9.17) is 0 Å². The predicted molar refractivity (Wildman–Crippen MR) is 69.2 cm³/mol. The summed E-state index contributed by atoms with van der Waals surface area (Å²) in [6.07, 6.45) is 12.3. The van der Waals surface area contributed by atoms with Gasteiger partial charge in [0.15, 0.2) is 0 Å². The molecule has 0 amide bonds. The van der Waals surface area contributed by atoms with E-state index in [0.29, 0.717) is 0 Å². The quantitative estimate of drug-likeness (QED) is 0.635. The van der Waals surface area contributed by atoms with Crippen LogP contribution in [-0.4, -0.2) is 0 Å². The molecule has 0 aromatic rings. The Morgan fingerprint density at radius 3 is 1.94 bits per heavy atom. The third kappa shape index (κ3) is 1.64. The maximum Gasteiger partial charge on any atom is -0.0352 e. The van der Waals surface area contributed by atoms with Gasteiger partial charge in [-0.2, -0.15) is 0 Å². The second-order valence-corrected chi connectivity index (χ2v) is 6.91. The van der Waals surface area contributed by atoms with E-state index >= 15 is 0 Å². The van der Waals surface area contributed by atoms with Gasteiger partial charge in [0.2, 0.25) is 0 Å². The van der Waals surface area contributed by atoms with E-state index in [1.807, 2.05) is 0 Å². The molecule has 0 N–H and O–H groups in total. The standard InChI is InChI=1S/C16H28/c1-3-4-12-6-8-14(12)16-7-5-11(2)13-9-10-15(13)16/h11-16H,3-10H2,1-2H3/t11?,12?,13?,14-,15?,16?/m1/s1. The third-order valence-electron chi connectivity index (χ3n) is 6.31. The lowest BCUT2D eigenvalue weighted by molar-refractivity contribution is -0.0584. The molecule has 3 fully saturated rings. The van der Waals surface area contributed by atoms with E-state index < -0.39 is 0 Å². The molecule has 0 saturated heterocycles. The van der Waals surface area contributed by atoms with E-state index in [9.17, 15) is 0 Å². The average molecular weight is 220 g/mol. The molecule has 0 heteroatoms. The molecule has 0 spiro atoms. The lowest BCUT2D eigenvalue weighted by atomic mass is 9.50. The lowest BCUT2D eigenvalue weighted by Crippen LogP contribution is -2.47. The van der Waals surface area contributed by atoms with Crippen molar-refractivity contribution < 1.29 is 0 Å². The van der Waals surface area contributed by atoms with Crippen molar-refractivity contribution in [1.82, 2.24) is 0 Å². The van der Waals surface area contributed by atoms with Crippen molar-refractivity contribution in [1.29, 1.82) is 0 Å². The van der Waals surface area contributed by atoms with Crippen LogP contribution in [0.2, 0.25) is 0 Å². The summed E-state index contributed by atoms with van der Waals surface area (Å²) in [7, 11) is 0. The van der Waals surface area contributed by atoms with Crippen molar-refractivity contribution in [3.8, 4) is 0 Å². The van der Waals surface area contributed by atoms with Crippen molar-refractivity contribution >= 4 is 0 Å². The molecule has 3 aliphatic carbocycles. The lowest BCUT2D eigenvalue weighted by Gasteiger charge is -2.55. The van der Waals surface area contributed by atoms with Crippen LogP contribution in [0.4, 0.5) is 0 Å². The van der Waals surface area contributed by atoms with Crippen LogP contribution in [0.1, 0.15) is 65.2 Å². The first-order valence-corrected chi connectivity index (χ1v) is 7.81. The van der Waals surface area contributed by atoms with Gasteiger partial charge < -0.3 is 0 Å². The molecule has 92 valence electrons. The van der Waals surface area contributed by atoms with Gasteiger partial charge in [-0.25, -0.2) is 0 Å². The van der Waals surface area contributed by atoms with Gasteiger partial charge in [-0.15, -0.1) is 0 Å². The van der Waals surface area contributed by atoms with E-state index in [-0.39, 0.29) is 0 Å². The van der Waals surface area contributed by atoms with Crippen molar-refractivity contribution in [3.63, 3.8) is 0 Å². The van der Waals surface area contributed by atoms with Crippen LogP contribution in [0, 0.1) is 35.5 Å². The molecule has 0 heterocycles. The van der Waals surface area contributed by atoms with Gasteiger partial charge in [-0.05, 0) is 67.6 Å². The zero-order valence-corrected chi connectivity index (χ0v) is 11.1. The molecule has 16 heavy (non-hydrogen) atoms. The fourth-order valence-electron chi connectivity index (χ4n) is 5.09. The zero-order valence-electron chi connectivity index (χ0n) is 11.1. The highest BCUT2D eigenvalue weighted by atomic mass is 14.5. The summed E-state index contributed by atoms with van der Waals surface area (Å²) in [6.45, 7) is 4.88. The number of hydrogen-bond donors (Lipinski definition) is 0. The minimum Gasteiger partial charge on any atom is -0.0654 e. The Kier molecular flexibility index (Phi) is 3.02. The maximum atomic E-state index is 2.51. The van der Waals surface area contributed by atoms with Crippen molar-refractivity contribution in [2.75, 3.05) is 0 Å². The molecule has 0 radical (unpaired) electrons. The molecule has 5 unspecified atom stereocenters. The van der Waals surface area contributed by atoms with Crippen LogP contribution >= 0.6 is 0 Å². The average Bonchev–Trinajstić information content (AvgIpc) is 2.17. The van der Waals surface area contributed by atoms with Crippen LogP contribution in [-0.2, 0) is 0 Å². The Hall–Kier alpha value is 0. The van der Waals surface area contributed by atoms with E-state index in [2.05, 4.69) is 13.8 Å². The third-order valence-corrected chi connectivity index (χ3v) is 6.31. The van der Waals surface area contributed by atoms with Gasteiger partial charge >= 0.3 is 0 Å². The summed E-state index contributed by atoms with van der Waals surface area (Å²) < 4.78 is 0. The highest BCUT2D eigenvalue weighted by Gasteiger charge is 2.48. The van der Waals surface area contributed by atoms with Crippen LogP contribution in [0.3, 0.4) is 0 Å². The molecule has 0 aliphatic heterocycles. The number of hydrogen-bond acceptors (Lipinski definition) is 0.